The van der Waals surface area contributed by atoms with Crippen LogP contribution in [0.3, 0.4) is 0 Å². The molecule has 1 saturated carbocycles. The summed E-state index contributed by atoms with van der Waals surface area (Å²) in [4.78, 5) is 0. The highest BCUT2D eigenvalue weighted by Crippen LogP contribution is 2.28. The Kier molecular flexibility index (Phi) is 4.03. The van der Waals surface area contributed by atoms with Gasteiger partial charge in [0.05, 0.1) is 17.7 Å². The van der Waals surface area contributed by atoms with Crippen LogP contribution in [-0.2, 0) is 0 Å². The summed E-state index contributed by atoms with van der Waals surface area (Å²) in [6.45, 7) is 0.877. The number of hydrogen-bond acceptors (Lipinski definition) is 3. The number of rotatable bonds is 3. The molecule has 90 valence electrons. The normalized spacial score (nSPS) is 23.4. The van der Waals surface area contributed by atoms with Crippen LogP contribution in [0.2, 0.25) is 0 Å². The minimum Gasteiger partial charge on any atom is -0.393 e. The van der Waals surface area contributed by atoms with Crippen LogP contribution >= 0.6 is 15.9 Å². The smallest absolute Gasteiger partial charge is 0.0992 e. The highest BCUT2D eigenvalue weighted by molar-refractivity contribution is 9.10. The van der Waals surface area contributed by atoms with Crippen molar-refractivity contribution in [2.45, 2.75) is 25.4 Å². The van der Waals surface area contributed by atoms with Crippen LogP contribution in [0.25, 0.3) is 0 Å². The van der Waals surface area contributed by atoms with Gasteiger partial charge in [0.2, 0.25) is 0 Å². The molecule has 0 amide bonds. The molecule has 1 aromatic carbocycles. The van der Waals surface area contributed by atoms with E-state index >= 15 is 0 Å². The van der Waals surface area contributed by atoms with Gasteiger partial charge >= 0.3 is 0 Å². The zero-order chi connectivity index (χ0) is 12.3. The van der Waals surface area contributed by atoms with Gasteiger partial charge in [-0.05, 0) is 59.3 Å². The van der Waals surface area contributed by atoms with Crippen LogP contribution in [0.4, 0.5) is 5.69 Å². The number of nitrogens with one attached hydrogen (secondary N) is 1. The van der Waals surface area contributed by atoms with E-state index in [1.807, 2.05) is 12.1 Å². The van der Waals surface area contributed by atoms with Crippen LogP contribution in [0.1, 0.15) is 24.8 Å². The van der Waals surface area contributed by atoms with E-state index in [1.54, 1.807) is 6.07 Å². The lowest BCUT2D eigenvalue weighted by atomic mass is 10.1. The molecule has 1 aromatic rings. The Morgan fingerprint density at radius 2 is 2.29 bits per heavy atom. The van der Waals surface area contributed by atoms with Crippen molar-refractivity contribution in [1.82, 2.24) is 0 Å². The second kappa shape index (κ2) is 5.52. The fourth-order valence-electron chi connectivity index (χ4n) is 2.22. The molecule has 4 heteroatoms. The number of benzene rings is 1. The highest BCUT2D eigenvalue weighted by atomic mass is 79.9. The predicted octanol–water partition coefficient (Wildman–Crippen LogP) is 2.89. The molecule has 2 unspecified atom stereocenters. The molecule has 0 bridgehead atoms. The van der Waals surface area contributed by atoms with Gasteiger partial charge in [0.15, 0.2) is 0 Å². The average molecular weight is 295 g/mol. The Morgan fingerprint density at radius 3 is 2.88 bits per heavy atom. The van der Waals surface area contributed by atoms with Crippen molar-refractivity contribution in [3.63, 3.8) is 0 Å². The number of aliphatic hydroxyl groups excluding tert-OH is 1. The van der Waals surface area contributed by atoms with Crippen LogP contribution < -0.4 is 5.32 Å². The first-order valence-corrected chi connectivity index (χ1v) is 6.60. The van der Waals surface area contributed by atoms with E-state index in [1.165, 1.54) is 0 Å². The summed E-state index contributed by atoms with van der Waals surface area (Å²) in [5, 5.41) is 21.6. The Balaban J connectivity index is 1.93. The Labute approximate surface area is 110 Å². The number of halogens is 1. The summed E-state index contributed by atoms with van der Waals surface area (Å²) in [6.07, 6.45) is 2.77. The molecule has 2 rings (SSSR count). The zero-order valence-electron chi connectivity index (χ0n) is 9.49. The van der Waals surface area contributed by atoms with Crippen molar-refractivity contribution < 1.29 is 5.11 Å². The van der Waals surface area contributed by atoms with Gasteiger partial charge < -0.3 is 10.4 Å². The zero-order valence-corrected chi connectivity index (χ0v) is 11.1. The summed E-state index contributed by atoms with van der Waals surface area (Å²) < 4.78 is 0.912. The number of hydrogen-bond donors (Lipinski definition) is 2. The highest BCUT2D eigenvalue weighted by Gasteiger charge is 2.22. The van der Waals surface area contributed by atoms with E-state index in [9.17, 15) is 5.11 Å². The molecular formula is C13H15BrN2O. The number of nitriles is 1. The van der Waals surface area contributed by atoms with Crippen LogP contribution in [-0.4, -0.2) is 17.8 Å². The van der Waals surface area contributed by atoms with E-state index in [0.717, 1.165) is 36.0 Å². The molecular weight excluding hydrogens is 280 g/mol. The predicted molar refractivity (Wildman–Crippen MR) is 70.7 cm³/mol. The van der Waals surface area contributed by atoms with Crippen LogP contribution in [0, 0.1) is 17.2 Å². The monoisotopic (exact) mass is 294 g/mol. The summed E-state index contributed by atoms with van der Waals surface area (Å²) >= 11 is 3.45. The van der Waals surface area contributed by atoms with Gasteiger partial charge in [0.1, 0.15) is 0 Å². The van der Waals surface area contributed by atoms with Crippen molar-refractivity contribution in [2.24, 2.45) is 5.92 Å². The van der Waals surface area contributed by atoms with E-state index in [4.69, 9.17) is 5.26 Å². The lowest BCUT2D eigenvalue weighted by molar-refractivity contribution is 0.178. The molecule has 17 heavy (non-hydrogen) atoms. The maximum absolute atomic E-state index is 9.45. The number of anilines is 1. The molecule has 2 N–H and O–H groups in total. The molecule has 0 saturated heterocycles. The van der Waals surface area contributed by atoms with E-state index in [0.29, 0.717) is 11.5 Å². The maximum Gasteiger partial charge on any atom is 0.0992 e. The van der Waals surface area contributed by atoms with Crippen molar-refractivity contribution >= 4 is 21.6 Å². The van der Waals surface area contributed by atoms with Gasteiger partial charge in [-0.2, -0.15) is 5.26 Å². The summed E-state index contributed by atoms with van der Waals surface area (Å²) in [5.74, 6) is 0.549. The van der Waals surface area contributed by atoms with Crippen LogP contribution in [0.15, 0.2) is 22.7 Å². The first-order chi connectivity index (χ1) is 8.19. The standard InChI is InChI=1S/C13H15BrN2O/c14-12-6-9(7-15)2-4-13(12)16-8-10-1-3-11(17)5-10/h2,4,6,10-11,16-17H,1,3,5,8H2. The minimum atomic E-state index is -0.119. The second-order valence-electron chi connectivity index (χ2n) is 4.52. The summed E-state index contributed by atoms with van der Waals surface area (Å²) in [5.41, 5.74) is 1.66. The quantitative estimate of drug-likeness (QED) is 0.901. The first kappa shape index (κ1) is 12.4. The Hall–Kier alpha value is -1.05. The molecule has 3 nitrogen and oxygen atoms in total. The Bertz CT molecular complexity index is 442. The van der Waals surface area contributed by atoms with Crippen molar-refractivity contribution in [3.8, 4) is 6.07 Å². The third-order valence-corrected chi connectivity index (χ3v) is 3.85. The average Bonchev–Trinajstić information content (AvgIpc) is 2.73. The lowest BCUT2D eigenvalue weighted by Crippen LogP contribution is -2.12. The fourth-order valence-corrected chi connectivity index (χ4v) is 2.74. The SMILES string of the molecule is N#Cc1ccc(NCC2CCC(O)C2)c(Br)c1. The maximum atomic E-state index is 9.45. The van der Waals surface area contributed by atoms with Gasteiger partial charge in [-0.3, -0.25) is 0 Å². The van der Waals surface area contributed by atoms with Crippen molar-refractivity contribution in [3.05, 3.63) is 28.2 Å². The molecule has 0 aromatic heterocycles. The minimum absolute atomic E-state index is 0.119. The van der Waals surface area contributed by atoms with Gasteiger partial charge in [0, 0.05) is 16.7 Å². The van der Waals surface area contributed by atoms with Gasteiger partial charge in [-0.1, -0.05) is 0 Å². The largest absolute Gasteiger partial charge is 0.393 e. The van der Waals surface area contributed by atoms with E-state index in [2.05, 4.69) is 27.3 Å². The van der Waals surface area contributed by atoms with Gasteiger partial charge in [0.25, 0.3) is 0 Å². The molecule has 0 aliphatic heterocycles. The molecule has 0 spiro atoms. The van der Waals surface area contributed by atoms with Crippen molar-refractivity contribution in [1.29, 1.82) is 5.26 Å². The molecule has 0 radical (unpaired) electrons. The van der Waals surface area contributed by atoms with E-state index < -0.39 is 0 Å². The second-order valence-corrected chi connectivity index (χ2v) is 5.37. The molecule has 0 heterocycles. The fraction of sp³-hybridized carbons (Fsp3) is 0.462. The van der Waals surface area contributed by atoms with E-state index in [-0.39, 0.29) is 6.10 Å². The first-order valence-electron chi connectivity index (χ1n) is 5.80. The molecule has 1 aliphatic carbocycles. The summed E-state index contributed by atoms with van der Waals surface area (Å²) in [7, 11) is 0. The van der Waals surface area contributed by atoms with Crippen molar-refractivity contribution in [2.75, 3.05) is 11.9 Å². The third-order valence-electron chi connectivity index (χ3n) is 3.19. The molecule has 1 fully saturated rings. The Morgan fingerprint density at radius 1 is 1.47 bits per heavy atom. The number of nitrogens with zero attached hydrogens (tertiary/aromatic N) is 1. The van der Waals surface area contributed by atoms with Crippen LogP contribution in [0.5, 0.6) is 0 Å². The summed E-state index contributed by atoms with van der Waals surface area (Å²) in [6, 6.07) is 7.63. The topological polar surface area (TPSA) is 56.0 Å². The molecule has 1 aliphatic rings. The van der Waals surface area contributed by atoms with Gasteiger partial charge in [-0.25, -0.2) is 0 Å². The van der Waals surface area contributed by atoms with Gasteiger partial charge in [-0.15, -0.1) is 0 Å². The third kappa shape index (κ3) is 3.21. The lowest BCUT2D eigenvalue weighted by Gasteiger charge is -2.13. The molecule has 2 atom stereocenters. The number of aliphatic hydroxyl groups is 1.